The first-order valence-corrected chi connectivity index (χ1v) is 9.08. The summed E-state index contributed by atoms with van der Waals surface area (Å²) >= 11 is 0. The number of aromatic nitrogens is 1. The van der Waals surface area contributed by atoms with E-state index in [4.69, 9.17) is 9.94 Å². The van der Waals surface area contributed by atoms with Crippen LogP contribution in [0.1, 0.15) is 58.9 Å². The molecule has 7 nitrogen and oxygen atoms in total. The normalized spacial score (nSPS) is 25.5. The zero-order valence-corrected chi connectivity index (χ0v) is 16.0. The van der Waals surface area contributed by atoms with Gasteiger partial charge < -0.3 is 30.4 Å². The number of hydrogen-bond donors (Lipinski definition) is 4. The molecule has 1 aromatic rings. The van der Waals surface area contributed by atoms with Gasteiger partial charge in [0.15, 0.2) is 0 Å². The maximum atomic E-state index is 10.8. The van der Waals surface area contributed by atoms with Gasteiger partial charge in [-0.3, -0.25) is 5.21 Å². The highest BCUT2D eigenvalue weighted by atomic mass is 16.8. The van der Waals surface area contributed by atoms with Crippen molar-refractivity contribution in [2.75, 3.05) is 5.23 Å². The Balaban J connectivity index is 1.83. The van der Waals surface area contributed by atoms with Crippen molar-refractivity contribution >= 4 is 5.82 Å². The van der Waals surface area contributed by atoms with E-state index in [2.05, 4.69) is 4.98 Å². The monoisotopic (exact) mass is 367 g/mol. The van der Waals surface area contributed by atoms with E-state index in [0.29, 0.717) is 12.8 Å². The molecule has 1 aliphatic heterocycles. The van der Waals surface area contributed by atoms with E-state index >= 15 is 0 Å². The van der Waals surface area contributed by atoms with Gasteiger partial charge in [-0.1, -0.05) is 11.6 Å². The number of ether oxygens (including phenoxy) is 1. The molecule has 1 aliphatic rings. The first-order chi connectivity index (χ1) is 12.0. The number of H-pyrrole nitrogens is 1. The number of rotatable bonds is 8. The molecular weight excluding hydrogens is 336 g/mol. The number of hydrogen-bond acceptors (Lipinski definition) is 6. The Morgan fingerprint density at radius 1 is 1.58 bits per heavy atom. The lowest BCUT2D eigenvalue weighted by Gasteiger charge is -2.33. The Bertz CT molecular complexity index is 620. The van der Waals surface area contributed by atoms with E-state index in [9.17, 15) is 15.4 Å². The van der Waals surface area contributed by atoms with Crippen LogP contribution >= 0.6 is 0 Å². The number of allylic oxidation sites excluding steroid dienone is 2. The first-order valence-electron chi connectivity index (χ1n) is 9.08. The second-order valence-electron chi connectivity index (χ2n) is 8.09. The molecular formula is C19H31N2O5-. The second kappa shape index (κ2) is 8.10. The molecule has 4 N–H and O–H groups in total. The lowest BCUT2D eigenvalue weighted by Crippen LogP contribution is -2.43. The van der Waals surface area contributed by atoms with Crippen molar-refractivity contribution in [3.05, 3.63) is 34.7 Å². The summed E-state index contributed by atoms with van der Waals surface area (Å²) in [4.78, 5) is 2.69. The molecule has 1 fully saturated rings. The van der Waals surface area contributed by atoms with Crippen molar-refractivity contribution in [3.63, 3.8) is 0 Å². The minimum absolute atomic E-state index is 0.106. The van der Waals surface area contributed by atoms with Crippen molar-refractivity contribution in [1.82, 2.24) is 4.98 Å². The van der Waals surface area contributed by atoms with Crippen LogP contribution in [0.15, 0.2) is 23.9 Å². The third kappa shape index (κ3) is 5.31. The van der Waals surface area contributed by atoms with Crippen LogP contribution in [0.5, 0.6) is 0 Å². The van der Waals surface area contributed by atoms with Gasteiger partial charge in [0, 0.05) is 6.20 Å². The molecule has 1 aromatic heterocycles. The average molecular weight is 367 g/mol. The Hall–Kier alpha value is -1.38. The highest BCUT2D eigenvalue weighted by Gasteiger charge is 2.46. The minimum atomic E-state index is -0.906. The molecule has 0 aromatic carbocycles. The number of nitrogens with zero attached hydrogens (tertiary/aromatic N) is 1. The molecule has 7 heteroatoms. The maximum absolute atomic E-state index is 10.8. The molecule has 3 atom stereocenters. The fraction of sp³-hybridized carbons (Fsp3) is 0.684. The highest BCUT2D eigenvalue weighted by molar-refractivity contribution is 5.40. The van der Waals surface area contributed by atoms with Crippen molar-refractivity contribution < 1.29 is 20.2 Å². The zero-order chi connectivity index (χ0) is 19.5. The number of aliphatic hydroxyl groups is 2. The van der Waals surface area contributed by atoms with Crippen LogP contribution in [0, 0.1) is 5.21 Å². The molecule has 0 aliphatic carbocycles. The van der Waals surface area contributed by atoms with Gasteiger partial charge in [-0.05, 0) is 71.4 Å². The predicted molar refractivity (Wildman–Crippen MR) is 99.9 cm³/mol. The Morgan fingerprint density at radius 3 is 2.81 bits per heavy atom. The van der Waals surface area contributed by atoms with Crippen LogP contribution < -0.4 is 5.23 Å². The SMILES string of the molecule is C/C(=C\Cc1c[nH]c(N([O-])O)c1)CC[C@H](O)[C@@]1(C)CC[C@H](C(C)(C)O)O1. The van der Waals surface area contributed by atoms with Crippen LogP contribution in [0.3, 0.4) is 0 Å². The van der Waals surface area contributed by atoms with Crippen LogP contribution in [-0.4, -0.2) is 43.8 Å². The van der Waals surface area contributed by atoms with Crippen LogP contribution in [0.2, 0.25) is 0 Å². The lowest BCUT2D eigenvalue weighted by molar-refractivity contribution is -0.153. The maximum Gasteiger partial charge on any atom is 0.119 e. The molecule has 0 unspecified atom stereocenters. The summed E-state index contributed by atoms with van der Waals surface area (Å²) in [5.41, 5.74) is 0.500. The predicted octanol–water partition coefficient (Wildman–Crippen LogP) is 3.05. The second-order valence-corrected chi connectivity index (χ2v) is 8.09. The van der Waals surface area contributed by atoms with Gasteiger partial charge >= 0.3 is 0 Å². The minimum Gasteiger partial charge on any atom is -0.732 e. The molecule has 2 heterocycles. The number of nitrogens with one attached hydrogen (secondary N) is 1. The van der Waals surface area contributed by atoms with Gasteiger partial charge in [-0.2, -0.15) is 0 Å². The number of aromatic amines is 1. The average Bonchev–Trinajstić information content (AvgIpc) is 3.17. The largest absolute Gasteiger partial charge is 0.732 e. The van der Waals surface area contributed by atoms with Crippen molar-refractivity contribution in [2.24, 2.45) is 0 Å². The molecule has 0 spiro atoms. The van der Waals surface area contributed by atoms with Gasteiger partial charge in [0.2, 0.25) is 0 Å². The molecule has 0 amide bonds. The molecule has 2 rings (SSSR count). The first kappa shape index (κ1) is 20.9. The zero-order valence-electron chi connectivity index (χ0n) is 16.0. The third-order valence-corrected chi connectivity index (χ3v) is 5.24. The summed E-state index contributed by atoms with van der Waals surface area (Å²) in [6, 6.07) is 1.59. The molecule has 148 valence electrons. The summed E-state index contributed by atoms with van der Waals surface area (Å²) in [5, 5.41) is 40.1. The quantitative estimate of drug-likeness (QED) is 0.415. The fourth-order valence-electron chi connectivity index (χ4n) is 3.32. The van der Waals surface area contributed by atoms with E-state index in [-0.39, 0.29) is 17.1 Å². The molecule has 1 saturated heterocycles. The van der Waals surface area contributed by atoms with Crippen LogP contribution in [-0.2, 0) is 11.2 Å². The summed E-state index contributed by atoms with van der Waals surface area (Å²) in [6.07, 6.45) is 6.30. The Morgan fingerprint density at radius 2 is 2.27 bits per heavy atom. The van der Waals surface area contributed by atoms with Crippen LogP contribution in [0.25, 0.3) is 0 Å². The number of aliphatic hydroxyl groups excluding tert-OH is 1. The van der Waals surface area contributed by atoms with E-state index in [1.165, 1.54) is 0 Å². The van der Waals surface area contributed by atoms with E-state index < -0.39 is 17.3 Å². The van der Waals surface area contributed by atoms with Crippen molar-refractivity contribution in [3.8, 4) is 0 Å². The van der Waals surface area contributed by atoms with Gasteiger partial charge in [0.05, 0.1) is 23.4 Å². The van der Waals surface area contributed by atoms with Gasteiger partial charge in [0.25, 0.3) is 0 Å². The van der Waals surface area contributed by atoms with E-state index in [0.717, 1.165) is 30.4 Å². The standard InChI is InChI=1S/C19H31N2O5/c1-13(5-7-14-11-17(20-12-14)21(24)25)6-8-15(22)19(4)10-9-16(26-19)18(2,3)23/h5,11-12,15-16,20,22-24H,6-10H2,1-4H3/q-1/b13-5+/t15-,16+,19+/m0/s1. The Labute approximate surface area is 154 Å². The Kier molecular flexibility index (Phi) is 6.52. The van der Waals surface area contributed by atoms with E-state index in [1.807, 2.05) is 19.9 Å². The molecule has 26 heavy (non-hydrogen) atoms. The number of anilines is 1. The summed E-state index contributed by atoms with van der Waals surface area (Å²) < 4.78 is 5.98. The summed E-state index contributed by atoms with van der Waals surface area (Å²) in [7, 11) is 0. The lowest BCUT2D eigenvalue weighted by atomic mass is 9.90. The molecule has 0 saturated carbocycles. The molecule has 0 radical (unpaired) electrons. The molecule has 0 bridgehead atoms. The van der Waals surface area contributed by atoms with Crippen molar-refractivity contribution in [1.29, 1.82) is 0 Å². The fourth-order valence-corrected chi connectivity index (χ4v) is 3.32. The van der Waals surface area contributed by atoms with Gasteiger partial charge in [-0.25, -0.2) is 0 Å². The van der Waals surface area contributed by atoms with Crippen molar-refractivity contribution in [2.45, 2.75) is 83.2 Å². The highest BCUT2D eigenvalue weighted by Crippen LogP contribution is 2.38. The van der Waals surface area contributed by atoms with E-state index in [1.54, 1.807) is 26.1 Å². The van der Waals surface area contributed by atoms with Gasteiger partial charge in [-0.15, -0.1) is 0 Å². The van der Waals surface area contributed by atoms with Gasteiger partial charge in [0.1, 0.15) is 5.82 Å². The third-order valence-electron chi connectivity index (χ3n) is 5.24. The van der Waals surface area contributed by atoms with Crippen LogP contribution in [0.4, 0.5) is 5.82 Å². The topological polar surface area (TPSA) is 112 Å². The smallest absolute Gasteiger partial charge is 0.119 e. The summed E-state index contributed by atoms with van der Waals surface area (Å²) in [6.45, 7) is 7.38. The summed E-state index contributed by atoms with van der Waals surface area (Å²) in [5.74, 6) is 0.106.